The van der Waals surface area contributed by atoms with Gasteiger partial charge in [-0.2, -0.15) is 0 Å². The molecule has 19 heavy (non-hydrogen) atoms. The van der Waals surface area contributed by atoms with Crippen molar-refractivity contribution in [1.29, 1.82) is 0 Å². The fourth-order valence-electron chi connectivity index (χ4n) is 1.84. The lowest BCUT2D eigenvalue weighted by Gasteiger charge is -2.10. The molecule has 1 aliphatic heterocycles. The summed E-state index contributed by atoms with van der Waals surface area (Å²) in [4.78, 5) is 14.5. The molecule has 1 aromatic rings. The third kappa shape index (κ3) is 2.96. The van der Waals surface area contributed by atoms with E-state index in [1.165, 1.54) is 17.3 Å². The van der Waals surface area contributed by atoms with Crippen molar-refractivity contribution < 1.29 is 4.79 Å². The predicted molar refractivity (Wildman–Crippen MR) is 86.0 cm³/mol. The highest BCUT2D eigenvalue weighted by Gasteiger charge is 2.30. The zero-order valence-electron chi connectivity index (χ0n) is 11.0. The molecule has 0 atom stereocenters. The van der Waals surface area contributed by atoms with Crippen molar-refractivity contribution in [3.05, 3.63) is 52.4 Å². The molecule has 2 nitrogen and oxygen atoms in total. The highest BCUT2D eigenvalue weighted by molar-refractivity contribution is 8.26. The largest absolute Gasteiger partial charge is 0.289 e. The third-order valence-corrected chi connectivity index (χ3v) is 4.28. The molecule has 0 N–H and O–H groups in total. The van der Waals surface area contributed by atoms with E-state index in [1.54, 1.807) is 11.0 Å². The molecule has 1 aliphatic rings. The van der Waals surface area contributed by atoms with E-state index in [2.05, 4.69) is 24.8 Å². The molecule has 0 unspecified atom stereocenters. The predicted octanol–water partition coefficient (Wildman–Crippen LogP) is 3.69. The Balaban J connectivity index is 2.34. The molecule has 0 radical (unpaired) electrons. The average Bonchev–Trinajstić information content (AvgIpc) is 2.62. The maximum absolute atomic E-state index is 12.2. The minimum Gasteiger partial charge on any atom is -0.289 e. The number of hydrogen-bond acceptors (Lipinski definition) is 3. The minimum absolute atomic E-state index is 0.0317. The fraction of sp³-hybridized carbons (Fsp3) is 0.200. The van der Waals surface area contributed by atoms with Crippen LogP contribution in [0.5, 0.6) is 0 Å². The van der Waals surface area contributed by atoms with Crippen molar-refractivity contribution in [2.24, 2.45) is 0 Å². The fourth-order valence-corrected chi connectivity index (χ4v) is 3.11. The summed E-state index contributed by atoms with van der Waals surface area (Å²) in [6, 6.07) is 6.20. The van der Waals surface area contributed by atoms with Crippen LogP contribution in [0.25, 0.3) is 6.08 Å². The first kappa shape index (κ1) is 14.0. The maximum Gasteiger partial charge on any atom is 0.266 e. The van der Waals surface area contributed by atoms with Gasteiger partial charge in [0.25, 0.3) is 5.91 Å². The SMILES string of the molecule is C=CCN1C(=O)/C(=C/c2cc(C)ccc2C)SC1=S. The number of hydrogen-bond donors (Lipinski definition) is 0. The highest BCUT2D eigenvalue weighted by Crippen LogP contribution is 2.32. The lowest BCUT2D eigenvalue weighted by molar-refractivity contribution is -0.121. The number of carbonyl (C=O) groups is 1. The Morgan fingerprint density at radius 1 is 1.42 bits per heavy atom. The number of nitrogens with zero attached hydrogens (tertiary/aromatic N) is 1. The van der Waals surface area contributed by atoms with Crippen molar-refractivity contribution in [1.82, 2.24) is 4.90 Å². The van der Waals surface area contributed by atoms with Crippen molar-refractivity contribution in [3.8, 4) is 0 Å². The number of aryl methyl sites for hydroxylation is 2. The van der Waals surface area contributed by atoms with E-state index in [0.717, 1.165) is 11.1 Å². The van der Waals surface area contributed by atoms with Gasteiger partial charge in [-0.25, -0.2) is 0 Å². The normalized spacial score (nSPS) is 17.4. The summed E-state index contributed by atoms with van der Waals surface area (Å²) < 4.78 is 0.599. The van der Waals surface area contributed by atoms with Gasteiger partial charge >= 0.3 is 0 Å². The van der Waals surface area contributed by atoms with Crippen LogP contribution in [0.2, 0.25) is 0 Å². The molecule has 0 aromatic heterocycles. The van der Waals surface area contributed by atoms with Gasteiger partial charge in [0.05, 0.1) is 4.91 Å². The van der Waals surface area contributed by atoms with Crippen LogP contribution in [-0.2, 0) is 4.79 Å². The van der Waals surface area contributed by atoms with Crippen molar-refractivity contribution in [3.63, 3.8) is 0 Å². The molecule has 1 amide bonds. The molecular weight excluding hydrogens is 274 g/mol. The lowest BCUT2D eigenvalue weighted by Crippen LogP contribution is -2.27. The van der Waals surface area contributed by atoms with Crippen LogP contribution in [-0.4, -0.2) is 21.7 Å². The second-order valence-corrected chi connectivity index (χ2v) is 6.12. The highest BCUT2D eigenvalue weighted by atomic mass is 32.2. The van der Waals surface area contributed by atoms with Crippen molar-refractivity contribution >= 4 is 40.3 Å². The number of thioether (sulfide) groups is 1. The third-order valence-electron chi connectivity index (χ3n) is 2.91. The molecule has 0 spiro atoms. The maximum atomic E-state index is 12.2. The van der Waals surface area contributed by atoms with Crippen molar-refractivity contribution in [2.45, 2.75) is 13.8 Å². The smallest absolute Gasteiger partial charge is 0.266 e. The van der Waals surface area contributed by atoms with Crippen LogP contribution in [0.3, 0.4) is 0 Å². The second-order valence-electron chi connectivity index (χ2n) is 4.44. The number of carbonyl (C=O) groups excluding carboxylic acids is 1. The zero-order chi connectivity index (χ0) is 14.0. The summed E-state index contributed by atoms with van der Waals surface area (Å²) >= 11 is 6.57. The first-order valence-electron chi connectivity index (χ1n) is 5.96. The van der Waals surface area contributed by atoms with Gasteiger partial charge in [0.1, 0.15) is 4.32 Å². The molecule has 1 aromatic carbocycles. The first-order chi connectivity index (χ1) is 9.02. The lowest BCUT2D eigenvalue weighted by atomic mass is 10.1. The van der Waals surface area contributed by atoms with Gasteiger partial charge in [-0.05, 0) is 31.1 Å². The summed E-state index contributed by atoms with van der Waals surface area (Å²) in [6.07, 6.45) is 3.61. The van der Waals surface area contributed by atoms with E-state index in [0.29, 0.717) is 15.8 Å². The van der Waals surface area contributed by atoms with E-state index in [1.807, 2.05) is 19.9 Å². The number of benzene rings is 1. The Morgan fingerprint density at radius 3 is 2.84 bits per heavy atom. The van der Waals surface area contributed by atoms with Gasteiger partial charge in [0.15, 0.2) is 0 Å². The van der Waals surface area contributed by atoms with Gasteiger partial charge in [-0.15, -0.1) is 6.58 Å². The van der Waals surface area contributed by atoms with Gasteiger partial charge in [-0.3, -0.25) is 9.69 Å². The Morgan fingerprint density at radius 2 is 2.16 bits per heavy atom. The van der Waals surface area contributed by atoms with Crippen LogP contribution in [0, 0.1) is 13.8 Å². The standard InChI is InChI=1S/C15H15NOS2/c1-4-7-16-14(17)13(19-15(16)18)9-12-8-10(2)5-6-11(12)3/h4-6,8-9H,1,7H2,2-3H3/b13-9-. The number of thiocarbonyl (C=S) groups is 1. The molecule has 4 heteroatoms. The Kier molecular flexibility index (Phi) is 4.22. The molecule has 1 heterocycles. The number of rotatable bonds is 3. The van der Waals surface area contributed by atoms with Gasteiger partial charge in [-0.1, -0.05) is 53.8 Å². The zero-order valence-corrected chi connectivity index (χ0v) is 12.6. The molecule has 1 saturated heterocycles. The van der Waals surface area contributed by atoms with E-state index >= 15 is 0 Å². The van der Waals surface area contributed by atoms with Crippen LogP contribution in [0.1, 0.15) is 16.7 Å². The van der Waals surface area contributed by atoms with Crippen LogP contribution in [0.15, 0.2) is 35.8 Å². The number of amides is 1. The van der Waals surface area contributed by atoms with E-state index in [4.69, 9.17) is 12.2 Å². The van der Waals surface area contributed by atoms with Crippen LogP contribution < -0.4 is 0 Å². The summed E-state index contributed by atoms with van der Waals surface area (Å²) in [5.41, 5.74) is 3.40. The van der Waals surface area contributed by atoms with Crippen molar-refractivity contribution in [2.75, 3.05) is 6.54 Å². The monoisotopic (exact) mass is 289 g/mol. The summed E-state index contributed by atoms with van der Waals surface area (Å²) in [5.74, 6) is -0.0317. The van der Waals surface area contributed by atoms with E-state index < -0.39 is 0 Å². The average molecular weight is 289 g/mol. The first-order valence-corrected chi connectivity index (χ1v) is 7.19. The molecule has 2 rings (SSSR count). The molecular formula is C15H15NOS2. The molecule has 0 saturated carbocycles. The Bertz CT molecular complexity index is 590. The van der Waals surface area contributed by atoms with Crippen LogP contribution in [0.4, 0.5) is 0 Å². The second kappa shape index (κ2) is 5.72. The molecule has 1 fully saturated rings. The van der Waals surface area contributed by atoms with E-state index in [-0.39, 0.29) is 5.91 Å². The van der Waals surface area contributed by atoms with Gasteiger partial charge in [0.2, 0.25) is 0 Å². The minimum atomic E-state index is -0.0317. The van der Waals surface area contributed by atoms with E-state index in [9.17, 15) is 4.79 Å². The summed E-state index contributed by atoms with van der Waals surface area (Å²) in [6.45, 7) is 8.19. The molecule has 98 valence electrons. The topological polar surface area (TPSA) is 20.3 Å². The molecule has 0 aliphatic carbocycles. The summed E-state index contributed by atoms with van der Waals surface area (Å²) in [5, 5.41) is 0. The summed E-state index contributed by atoms with van der Waals surface area (Å²) in [7, 11) is 0. The van der Waals surface area contributed by atoms with Gasteiger partial charge < -0.3 is 0 Å². The quantitative estimate of drug-likeness (QED) is 0.481. The molecule has 0 bridgehead atoms. The Hall–Kier alpha value is -1.39. The van der Waals surface area contributed by atoms with Gasteiger partial charge in [0, 0.05) is 6.54 Å². The Labute approximate surface area is 123 Å². The van der Waals surface area contributed by atoms with Crippen LogP contribution >= 0.6 is 24.0 Å².